The van der Waals surface area contributed by atoms with Crippen LogP contribution >= 0.6 is 11.3 Å². The summed E-state index contributed by atoms with van der Waals surface area (Å²) in [6, 6.07) is 2.55. The van der Waals surface area contributed by atoms with E-state index in [2.05, 4.69) is 17.2 Å². The fourth-order valence-corrected chi connectivity index (χ4v) is 2.83. The molecule has 0 aliphatic heterocycles. The van der Waals surface area contributed by atoms with E-state index in [1.54, 1.807) is 7.05 Å². The summed E-state index contributed by atoms with van der Waals surface area (Å²) in [6.07, 6.45) is 1.93. The lowest BCUT2D eigenvalue weighted by Crippen LogP contribution is -2.07. The molecule has 0 bridgehead atoms. The summed E-state index contributed by atoms with van der Waals surface area (Å²) in [5.41, 5.74) is 1.24. The van der Waals surface area contributed by atoms with Crippen LogP contribution in [0.2, 0.25) is 0 Å². The number of aryl methyl sites for hydroxylation is 1. The molecule has 114 valence electrons. The Labute approximate surface area is 127 Å². The highest BCUT2D eigenvalue weighted by atomic mass is 32.1. The van der Waals surface area contributed by atoms with Crippen molar-refractivity contribution in [2.75, 3.05) is 7.05 Å². The number of rotatable bonds is 7. The highest BCUT2D eigenvalue weighted by Gasteiger charge is 2.13. The lowest BCUT2D eigenvalue weighted by molar-refractivity contribution is 0.270. The molecule has 0 spiro atoms. The maximum absolute atomic E-state index is 13.9. The van der Waals surface area contributed by atoms with Crippen LogP contribution in [-0.2, 0) is 19.6 Å². The first-order valence-electron chi connectivity index (χ1n) is 6.82. The maximum atomic E-state index is 13.9. The lowest BCUT2D eigenvalue weighted by atomic mass is 10.2. The molecule has 1 aromatic carbocycles. The Morgan fingerprint density at radius 3 is 2.62 bits per heavy atom. The molecule has 2 aromatic rings. The molecule has 0 saturated carbocycles. The van der Waals surface area contributed by atoms with Gasteiger partial charge in [-0.25, -0.2) is 13.8 Å². The SMILES string of the molecule is CCCc1nc(COc2c(F)cc(CNC)cc2F)cs1. The van der Waals surface area contributed by atoms with Gasteiger partial charge in [-0.3, -0.25) is 0 Å². The monoisotopic (exact) mass is 312 g/mol. The van der Waals surface area contributed by atoms with Gasteiger partial charge in [0.2, 0.25) is 0 Å². The molecule has 1 aromatic heterocycles. The smallest absolute Gasteiger partial charge is 0.191 e. The van der Waals surface area contributed by atoms with Gasteiger partial charge in [0.15, 0.2) is 17.4 Å². The van der Waals surface area contributed by atoms with Gasteiger partial charge in [-0.15, -0.1) is 11.3 Å². The van der Waals surface area contributed by atoms with Crippen LogP contribution in [0.25, 0.3) is 0 Å². The fraction of sp³-hybridized carbons (Fsp3) is 0.400. The van der Waals surface area contributed by atoms with E-state index in [4.69, 9.17) is 4.74 Å². The van der Waals surface area contributed by atoms with Crippen molar-refractivity contribution in [3.05, 3.63) is 45.4 Å². The number of aromatic nitrogens is 1. The number of benzene rings is 1. The minimum atomic E-state index is -0.690. The zero-order valence-corrected chi connectivity index (χ0v) is 12.9. The molecule has 0 radical (unpaired) electrons. The van der Waals surface area contributed by atoms with Crippen molar-refractivity contribution in [2.24, 2.45) is 0 Å². The van der Waals surface area contributed by atoms with E-state index in [1.165, 1.54) is 23.5 Å². The van der Waals surface area contributed by atoms with Gasteiger partial charge >= 0.3 is 0 Å². The maximum Gasteiger partial charge on any atom is 0.191 e. The summed E-state index contributed by atoms with van der Waals surface area (Å²) in [6.45, 7) is 2.55. The summed E-state index contributed by atoms with van der Waals surface area (Å²) in [5.74, 6) is -1.73. The molecule has 0 saturated heterocycles. The van der Waals surface area contributed by atoms with E-state index in [0.717, 1.165) is 17.8 Å². The third kappa shape index (κ3) is 4.22. The molecule has 2 rings (SSSR count). The number of hydrogen-bond acceptors (Lipinski definition) is 4. The van der Waals surface area contributed by atoms with E-state index in [0.29, 0.717) is 17.8 Å². The summed E-state index contributed by atoms with van der Waals surface area (Å²) >= 11 is 1.54. The Bertz CT molecular complexity index is 578. The van der Waals surface area contributed by atoms with Crippen LogP contribution in [0.3, 0.4) is 0 Å². The van der Waals surface area contributed by atoms with Crippen LogP contribution in [0.15, 0.2) is 17.5 Å². The van der Waals surface area contributed by atoms with Crippen LogP contribution in [0.1, 0.15) is 29.6 Å². The Hall–Kier alpha value is -1.53. The number of nitrogens with one attached hydrogen (secondary N) is 1. The van der Waals surface area contributed by atoms with Gasteiger partial charge in [0.25, 0.3) is 0 Å². The van der Waals surface area contributed by atoms with E-state index < -0.39 is 11.6 Å². The molecule has 0 fully saturated rings. The average Bonchev–Trinajstić information content (AvgIpc) is 2.86. The molecular formula is C15H18F2N2OS. The highest BCUT2D eigenvalue weighted by molar-refractivity contribution is 7.09. The van der Waals surface area contributed by atoms with Gasteiger partial charge in [0, 0.05) is 11.9 Å². The molecule has 1 N–H and O–H groups in total. The second kappa shape index (κ2) is 7.47. The van der Waals surface area contributed by atoms with Gasteiger partial charge in [-0.1, -0.05) is 6.92 Å². The lowest BCUT2D eigenvalue weighted by Gasteiger charge is -2.09. The van der Waals surface area contributed by atoms with Crippen molar-refractivity contribution in [1.29, 1.82) is 0 Å². The standard InChI is InChI=1S/C15H18F2N2OS/c1-3-4-14-19-11(9-21-14)8-20-15-12(16)5-10(7-18-2)6-13(15)17/h5-6,9,18H,3-4,7-8H2,1-2H3. The van der Waals surface area contributed by atoms with E-state index in [9.17, 15) is 8.78 Å². The van der Waals surface area contributed by atoms with Crippen molar-refractivity contribution < 1.29 is 13.5 Å². The molecule has 21 heavy (non-hydrogen) atoms. The number of halogens is 2. The third-order valence-electron chi connectivity index (χ3n) is 2.87. The van der Waals surface area contributed by atoms with Gasteiger partial charge in [0.1, 0.15) is 6.61 Å². The van der Waals surface area contributed by atoms with Crippen molar-refractivity contribution >= 4 is 11.3 Å². The molecule has 3 nitrogen and oxygen atoms in total. The minimum absolute atomic E-state index is 0.0689. The van der Waals surface area contributed by atoms with Crippen LogP contribution in [0.4, 0.5) is 8.78 Å². The van der Waals surface area contributed by atoms with E-state index >= 15 is 0 Å². The van der Waals surface area contributed by atoms with E-state index in [-0.39, 0.29) is 12.4 Å². The highest BCUT2D eigenvalue weighted by Crippen LogP contribution is 2.24. The molecule has 1 heterocycles. The van der Waals surface area contributed by atoms with Gasteiger partial charge in [0.05, 0.1) is 10.7 Å². The molecule has 0 aliphatic carbocycles. The third-order valence-corrected chi connectivity index (χ3v) is 3.82. The number of nitrogens with zero attached hydrogens (tertiary/aromatic N) is 1. The molecule has 0 unspecified atom stereocenters. The van der Waals surface area contributed by atoms with Crippen molar-refractivity contribution in [3.63, 3.8) is 0 Å². The van der Waals surface area contributed by atoms with Crippen LogP contribution in [0, 0.1) is 11.6 Å². The summed E-state index contributed by atoms with van der Waals surface area (Å²) < 4.78 is 33.0. The Balaban J connectivity index is 2.05. The average molecular weight is 312 g/mol. The zero-order chi connectivity index (χ0) is 15.2. The predicted molar refractivity (Wildman–Crippen MR) is 79.6 cm³/mol. The van der Waals surface area contributed by atoms with Gasteiger partial charge in [-0.2, -0.15) is 0 Å². The minimum Gasteiger partial charge on any atom is -0.481 e. The molecule has 0 aliphatic rings. The van der Waals surface area contributed by atoms with Crippen LogP contribution < -0.4 is 10.1 Å². The molecule has 0 amide bonds. The Kier molecular flexibility index (Phi) is 5.64. The molecule has 0 atom stereocenters. The molecule has 6 heteroatoms. The fourth-order valence-electron chi connectivity index (χ4n) is 1.95. The number of ether oxygens (including phenoxy) is 1. The first-order chi connectivity index (χ1) is 10.1. The second-order valence-electron chi connectivity index (χ2n) is 4.69. The quantitative estimate of drug-likeness (QED) is 0.847. The Morgan fingerprint density at radius 2 is 2.00 bits per heavy atom. The van der Waals surface area contributed by atoms with Gasteiger partial charge in [-0.05, 0) is 37.6 Å². The zero-order valence-electron chi connectivity index (χ0n) is 12.1. The largest absolute Gasteiger partial charge is 0.481 e. The summed E-state index contributed by atoms with van der Waals surface area (Å²) in [7, 11) is 1.72. The topological polar surface area (TPSA) is 34.1 Å². The van der Waals surface area contributed by atoms with E-state index in [1.807, 2.05) is 5.38 Å². The first kappa shape index (κ1) is 15.9. The number of thiazole rings is 1. The predicted octanol–water partition coefficient (Wildman–Crippen LogP) is 3.67. The number of hydrogen-bond donors (Lipinski definition) is 1. The van der Waals surface area contributed by atoms with Crippen molar-refractivity contribution in [2.45, 2.75) is 32.9 Å². The summed E-state index contributed by atoms with van der Waals surface area (Å²) in [4.78, 5) is 4.36. The Morgan fingerprint density at radius 1 is 1.29 bits per heavy atom. The first-order valence-corrected chi connectivity index (χ1v) is 7.70. The van der Waals surface area contributed by atoms with Crippen molar-refractivity contribution in [3.8, 4) is 5.75 Å². The van der Waals surface area contributed by atoms with Crippen LogP contribution in [0.5, 0.6) is 5.75 Å². The van der Waals surface area contributed by atoms with Crippen molar-refractivity contribution in [1.82, 2.24) is 10.3 Å². The normalized spacial score (nSPS) is 10.9. The van der Waals surface area contributed by atoms with Crippen LogP contribution in [-0.4, -0.2) is 12.0 Å². The van der Waals surface area contributed by atoms with Gasteiger partial charge < -0.3 is 10.1 Å². The summed E-state index contributed by atoms with van der Waals surface area (Å²) in [5, 5.41) is 5.72. The second-order valence-corrected chi connectivity index (χ2v) is 5.63. The molecular weight excluding hydrogens is 294 g/mol.